The Hall–Kier alpha value is -1.15. The van der Waals surface area contributed by atoms with Gasteiger partial charge in [-0.25, -0.2) is 4.31 Å². The predicted octanol–water partition coefficient (Wildman–Crippen LogP) is -0.838. The van der Waals surface area contributed by atoms with Crippen LogP contribution in [-0.4, -0.2) is 41.7 Å². The summed E-state index contributed by atoms with van der Waals surface area (Å²) in [5.41, 5.74) is 0. The van der Waals surface area contributed by atoms with Gasteiger partial charge in [-0.05, 0) is 13.8 Å². The number of β-lactam (4-membered cyclic amide) rings is 1. The number of nitrogens with one attached hydrogen (secondary N) is 1. The second kappa shape index (κ2) is 4.38. The van der Waals surface area contributed by atoms with Crippen LogP contribution in [0.5, 0.6) is 0 Å². The molecule has 1 fully saturated rings. The van der Waals surface area contributed by atoms with Crippen LogP contribution in [0, 0.1) is 5.92 Å². The van der Waals surface area contributed by atoms with Crippen LogP contribution in [0.4, 0.5) is 0 Å². The van der Waals surface area contributed by atoms with Crippen LogP contribution in [0.3, 0.4) is 0 Å². The maximum Gasteiger partial charge on any atom is 0.362 e. The van der Waals surface area contributed by atoms with Gasteiger partial charge in [0.05, 0.1) is 5.92 Å². The summed E-state index contributed by atoms with van der Waals surface area (Å²) >= 11 is 0. The molecular weight excluding hydrogens is 236 g/mol. The number of hydrogen-bond acceptors (Lipinski definition) is 4. The van der Waals surface area contributed by atoms with Crippen molar-refractivity contribution in [2.45, 2.75) is 26.3 Å². The molecule has 0 aromatic heterocycles. The van der Waals surface area contributed by atoms with Gasteiger partial charge in [0.2, 0.25) is 11.8 Å². The van der Waals surface area contributed by atoms with Gasteiger partial charge >= 0.3 is 10.3 Å². The molecular formula is C8H14N2O5S. The van der Waals surface area contributed by atoms with Gasteiger partial charge in [-0.1, -0.05) is 0 Å². The van der Waals surface area contributed by atoms with Crippen molar-refractivity contribution in [3.8, 4) is 0 Å². The standard InChI is InChI=1S/C8H14N2O5S/c1-3-10(16(13,14)15)7(11)4-6-5(2)9-8(6)12/h5-6H,3-4H2,1-2H3,(H,9,12)(H,13,14,15). The maximum atomic E-state index is 11.5. The third-order valence-corrected chi connectivity index (χ3v) is 3.57. The summed E-state index contributed by atoms with van der Waals surface area (Å²) < 4.78 is 30.7. The second-order valence-corrected chi connectivity index (χ2v) is 4.98. The van der Waals surface area contributed by atoms with E-state index >= 15 is 0 Å². The lowest BCUT2D eigenvalue weighted by Crippen LogP contribution is -2.57. The number of carbonyl (C=O) groups excluding carboxylic acids is 2. The SMILES string of the molecule is CCN(C(=O)CC1C(=O)NC1C)S(=O)(=O)O. The van der Waals surface area contributed by atoms with Gasteiger partial charge in [0, 0.05) is 19.0 Å². The lowest BCUT2D eigenvalue weighted by atomic mass is 9.88. The lowest BCUT2D eigenvalue weighted by Gasteiger charge is -2.34. The first-order chi connectivity index (χ1) is 7.27. The highest BCUT2D eigenvalue weighted by molar-refractivity contribution is 7.84. The van der Waals surface area contributed by atoms with Gasteiger partial charge in [-0.2, -0.15) is 8.42 Å². The van der Waals surface area contributed by atoms with E-state index in [4.69, 9.17) is 4.55 Å². The van der Waals surface area contributed by atoms with E-state index in [0.717, 1.165) is 0 Å². The van der Waals surface area contributed by atoms with E-state index in [1.54, 1.807) is 6.92 Å². The number of amides is 2. The molecule has 1 saturated heterocycles. The highest BCUT2D eigenvalue weighted by Gasteiger charge is 2.39. The first-order valence-corrected chi connectivity index (χ1v) is 6.25. The van der Waals surface area contributed by atoms with Crippen molar-refractivity contribution >= 4 is 22.1 Å². The highest BCUT2D eigenvalue weighted by atomic mass is 32.2. The third kappa shape index (κ3) is 2.50. The monoisotopic (exact) mass is 250 g/mol. The number of rotatable bonds is 4. The van der Waals surface area contributed by atoms with Crippen LogP contribution in [0.15, 0.2) is 0 Å². The molecule has 1 heterocycles. The average Bonchev–Trinajstić information content (AvgIpc) is 2.13. The number of hydrogen-bond donors (Lipinski definition) is 2. The molecule has 0 aromatic rings. The summed E-state index contributed by atoms with van der Waals surface area (Å²) in [7, 11) is -4.53. The zero-order chi connectivity index (χ0) is 12.5. The van der Waals surface area contributed by atoms with Crippen molar-refractivity contribution in [3.63, 3.8) is 0 Å². The molecule has 0 saturated carbocycles. The fraction of sp³-hybridized carbons (Fsp3) is 0.750. The van der Waals surface area contributed by atoms with E-state index in [2.05, 4.69) is 5.32 Å². The van der Waals surface area contributed by atoms with Crippen molar-refractivity contribution in [1.82, 2.24) is 9.62 Å². The number of nitrogens with zero attached hydrogens (tertiary/aromatic N) is 1. The fourth-order valence-electron chi connectivity index (χ4n) is 1.59. The Morgan fingerprint density at radius 2 is 2.12 bits per heavy atom. The Kier molecular flexibility index (Phi) is 3.54. The molecule has 2 amide bonds. The topological polar surface area (TPSA) is 104 Å². The van der Waals surface area contributed by atoms with Crippen molar-refractivity contribution in [2.24, 2.45) is 5.92 Å². The third-order valence-electron chi connectivity index (χ3n) is 2.55. The van der Waals surface area contributed by atoms with Crippen molar-refractivity contribution in [1.29, 1.82) is 0 Å². The van der Waals surface area contributed by atoms with E-state index in [0.29, 0.717) is 4.31 Å². The Balaban J connectivity index is 2.68. The molecule has 2 N–H and O–H groups in total. The first kappa shape index (κ1) is 12.9. The fourth-order valence-corrected chi connectivity index (χ4v) is 2.25. The molecule has 8 heteroatoms. The molecule has 1 rings (SSSR count). The predicted molar refractivity (Wildman–Crippen MR) is 54.6 cm³/mol. The quantitative estimate of drug-likeness (QED) is 0.500. The Morgan fingerprint density at radius 1 is 1.56 bits per heavy atom. The molecule has 0 aliphatic carbocycles. The Morgan fingerprint density at radius 3 is 2.44 bits per heavy atom. The summed E-state index contributed by atoms with van der Waals surface area (Å²) in [6.07, 6.45) is -0.208. The van der Waals surface area contributed by atoms with Gasteiger partial charge in [-0.3, -0.25) is 14.1 Å². The van der Waals surface area contributed by atoms with Crippen LogP contribution in [-0.2, 0) is 19.9 Å². The lowest BCUT2D eigenvalue weighted by molar-refractivity contribution is -0.140. The molecule has 2 atom stereocenters. The minimum atomic E-state index is -4.53. The van der Waals surface area contributed by atoms with Crippen LogP contribution in [0.25, 0.3) is 0 Å². The van der Waals surface area contributed by atoms with Crippen LogP contribution < -0.4 is 5.32 Å². The van der Waals surface area contributed by atoms with Gasteiger partial charge in [0.1, 0.15) is 0 Å². The second-order valence-electron chi connectivity index (χ2n) is 3.64. The molecule has 1 aliphatic heterocycles. The van der Waals surface area contributed by atoms with Gasteiger partial charge in [-0.15, -0.1) is 0 Å². The van der Waals surface area contributed by atoms with Crippen LogP contribution >= 0.6 is 0 Å². The summed E-state index contributed by atoms with van der Waals surface area (Å²) in [5.74, 6) is -1.55. The average molecular weight is 250 g/mol. The minimum Gasteiger partial charge on any atom is -0.353 e. The minimum absolute atomic E-state index is 0.142. The van der Waals surface area contributed by atoms with E-state index < -0.39 is 22.1 Å². The summed E-state index contributed by atoms with van der Waals surface area (Å²) in [5, 5.41) is 2.54. The first-order valence-electron chi connectivity index (χ1n) is 4.85. The van der Waals surface area contributed by atoms with Gasteiger partial charge in [0.15, 0.2) is 0 Å². The molecule has 7 nitrogen and oxygen atoms in total. The van der Waals surface area contributed by atoms with E-state index in [9.17, 15) is 18.0 Å². The zero-order valence-corrected chi connectivity index (χ0v) is 9.82. The molecule has 16 heavy (non-hydrogen) atoms. The molecule has 0 bridgehead atoms. The molecule has 2 unspecified atom stereocenters. The molecule has 92 valence electrons. The van der Waals surface area contributed by atoms with E-state index in [-0.39, 0.29) is 24.9 Å². The smallest absolute Gasteiger partial charge is 0.353 e. The van der Waals surface area contributed by atoms with Gasteiger partial charge < -0.3 is 5.32 Å². The normalized spacial score (nSPS) is 24.6. The molecule has 1 aliphatic rings. The number of carbonyl (C=O) groups is 2. The summed E-state index contributed by atoms with van der Waals surface area (Å²) in [4.78, 5) is 22.6. The summed E-state index contributed by atoms with van der Waals surface area (Å²) in [6, 6.07) is -0.142. The zero-order valence-electron chi connectivity index (χ0n) is 9.00. The van der Waals surface area contributed by atoms with Crippen molar-refractivity contribution in [2.75, 3.05) is 6.54 Å². The van der Waals surface area contributed by atoms with Crippen molar-refractivity contribution < 1.29 is 22.6 Å². The highest BCUT2D eigenvalue weighted by Crippen LogP contribution is 2.20. The Labute approximate surface area is 93.7 Å². The van der Waals surface area contributed by atoms with E-state index in [1.165, 1.54) is 6.92 Å². The largest absolute Gasteiger partial charge is 0.362 e. The summed E-state index contributed by atoms with van der Waals surface area (Å²) in [6.45, 7) is 3.00. The molecule has 0 aromatic carbocycles. The van der Waals surface area contributed by atoms with Crippen LogP contribution in [0.1, 0.15) is 20.3 Å². The Bertz CT molecular complexity index is 405. The van der Waals surface area contributed by atoms with Crippen molar-refractivity contribution in [3.05, 3.63) is 0 Å². The molecule has 0 radical (unpaired) electrons. The van der Waals surface area contributed by atoms with E-state index in [1.807, 2.05) is 0 Å². The maximum absolute atomic E-state index is 11.5. The molecule has 0 spiro atoms. The van der Waals surface area contributed by atoms with Crippen LogP contribution in [0.2, 0.25) is 0 Å². The van der Waals surface area contributed by atoms with Gasteiger partial charge in [0.25, 0.3) is 0 Å².